The first-order valence-corrected chi connectivity index (χ1v) is 9.45. The van der Waals surface area contributed by atoms with Crippen LogP contribution in [0.3, 0.4) is 0 Å². The molecule has 0 atom stereocenters. The van der Waals surface area contributed by atoms with Crippen molar-refractivity contribution in [3.05, 3.63) is 94.2 Å². The summed E-state index contributed by atoms with van der Waals surface area (Å²) in [5.41, 5.74) is 3.88. The van der Waals surface area contributed by atoms with Crippen LogP contribution in [0.4, 0.5) is 0 Å². The van der Waals surface area contributed by atoms with E-state index in [0.29, 0.717) is 11.3 Å². The van der Waals surface area contributed by atoms with Crippen LogP contribution in [0.15, 0.2) is 72.9 Å². The van der Waals surface area contributed by atoms with Crippen LogP contribution in [0.25, 0.3) is 17.2 Å². The van der Waals surface area contributed by atoms with Crippen LogP contribution in [-0.2, 0) is 4.79 Å². The van der Waals surface area contributed by atoms with E-state index in [1.165, 1.54) is 30.9 Å². The Kier molecular flexibility index (Phi) is 7.01. The van der Waals surface area contributed by atoms with Gasteiger partial charge in [0.15, 0.2) is 18.1 Å². The van der Waals surface area contributed by atoms with Crippen LogP contribution >= 0.6 is 0 Å². The summed E-state index contributed by atoms with van der Waals surface area (Å²) in [6.45, 7) is 1.76. The van der Waals surface area contributed by atoms with Gasteiger partial charge in [0.05, 0.1) is 12.0 Å². The van der Waals surface area contributed by atoms with Crippen LogP contribution in [0, 0.1) is 17.0 Å². The first-order valence-electron chi connectivity index (χ1n) is 9.45. The predicted molar refractivity (Wildman–Crippen MR) is 117 cm³/mol. The maximum Gasteiger partial charge on any atom is 0.349 e. The standard InChI is InChI=1S/C24H21NO6/c1-17-3-6-19(7-4-17)20-8-10-21(11-9-20)30-16-24(26)31-22-12-5-18(13-14-25(27)28)15-23(22)29-2/h3-15H,16H2,1-2H3/b14-13+. The Bertz CT molecular complexity index is 1090. The van der Waals surface area contributed by atoms with E-state index in [4.69, 9.17) is 14.2 Å². The molecule has 0 aromatic heterocycles. The number of hydrogen-bond acceptors (Lipinski definition) is 6. The Hall–Kier alpha value is -4.13. The molecule has 0 bridgehead atoms. The molecule has 7 nitrogen and oxygen atoms in total. The number of methoxy groups -OCH3 is 1. The highest BCUT2D eigenvalue weighted by molar-refractivity contribution is 5.75. The number of esters is 1. The average molecular weight is 419 g/mol. The van der Waals surface area contributed by atoms with E-state index >= 15 is 0 Å². The van der Waals surface area contributed by atoms with Crippen molar-refractivity contribution in [2.24, 2.45) is 0 Å². The number of hydrogen-bond donors (Lipinski definition) is 0. The van der Waals surface area contributed by atoms with Gasteiger partial charge in [0.25, 0.3) is 0 Å². The molecule has 0 aliphatic rings. The minimum Gasteiger partial charge on any atom is -0.493 e. The highest BCUT2D eigenvalue weighted by Crippen LogP contribution is 2.29. The van der Waals surface area contributed by atoms with Crippen molar-refractivity contribution in [2.45, 2.75) is 6.92 Å². The number of carbonyl (C=O) groups is 1. The quantitative estimate of drug-likeness (QED) is 0.223. The second-order valence-corrected chi connectivity index (χ2v) is 6.66. The summed E-state index contributed by atoms with van der Waals surface area (Å²) in [6, 6.07) is 20.2. The summed E-state index contributed by atoms with van der Waals surface area (Å²) in [5.74, 6) is 0.417. The van der Waals surface area contributed by atoms with Gasteiger partial charge in [0, 0.05) is 6.08 Å². The normalized spacial score (nSPS) is 10.6. The summed E-state index contributed by atoms with van der Waals surface area (Å²) in [6.07, 6.45) is 2.13. The first-order chi connectivity index (χ1) is 14.9. The van der Waals surface area contributed by atoms with E-state index in [-0.39, 0.29) is 18.1 Å². The van der Waals surface area contributed by atoms with Gasteiger partial charge in [0.2, 0.25) is 6.20 Å². The number of ether oxygens (including phenoxy) is 3. The lowest BCUT2D eigenvalue weighted by atomic mass is 10.0. The lowest BCUT2D eigenvalue weighted by molar-refractivity contribution is -0.400. The van der Waals surface area contributed by atoms with E-state index in [2.05, 4.69) is 24.3 Å². The second-order valence-electron chi connectivity index (χ2n) is 6.66. The molecule has 0 heterocycles. The first kappa shape index (κ1) is 21.6. The van der Waals surface area contributed by atoms with Crippen LogP contribution in [0.1, 0.15) is 11.1 Å². The minimum atomic E-state index is -0.602. The van der Waals surface area contributed by atoms with E-state index in [1.54, 1.807) is 18.2 Å². The van der Waals surface area contributed by atoms with E-state index in [1.807, 2.05) is 19.1 Å². The maximum atomic E-state index is 12.2. The summed E-state index contributed by atoms with van der Waals surface area (Å²) in [4.78, 5) is 22.0. The molecule has 0 fully saturated rings. The minimum absolute atomic E-state index is 0.198. The van der Waals surface area contributed by atoms with Gasteiger partial charge >= 0.3 is 5.97 Å². The number of nitro groups is 1. The van der Waals surface area contributed by atoms with Crippen molar-refractivity contribution < 1.29 is 23.9 Å². The third kappa shape index (κ3) is 6.17. The molecule has 7 heteroatoms. The highest BCUT2D eigenvalue weighted by Gasteiger charge is 2.12. The van der Waals surface area contributed by atoms with Crippen LogP contribution < -0.4 is 14.2 Å². The molecule has 0 radical (unpaired) electrons. The topological polar surface area (TPSA) is 87.9 Å². The molecule has 0 amide bonds. The fourth-order valence-electron chi connectivity index (χ4n) is 2.80. The zero-order valence-electron chi connectivity index (χ0n) is 17.1. The molecule has 0 aliphatic heterocycles. The molecule has 0 saturated carbocycles. The SMILES string of the molecule is COc1cc(/C=C/[N+](=O)[O-])ccc1OC(=O)COc1ccc(-c2ccc(C)cc2)cc1. The van der Waals surface area contributed by atoms with E-state index in [9.17, 15) is 14.9 Å². The molecular formula is C24H21NO6. The third-order valence-corrected chi connectivity index (χ3v) is 4.40. The number of benzene rings is 3. The van der Waals surface area contributed by atoms with Crippen molar-refractivity contribution in [3.8, 4) is 28.4 Å². The molecule has 3 rings (SSSR count). The van der Waals surface area contributed by atoms with Crippen molar-refractivity contribution in [3.63, 3.8) is 0 Å². The highest BCUT2D eigenvalue weighted by atomic mass is 16.6. The fraction of sp³-hybridized carbons (Fsp3) is 0.125. The summed E-state index contributed by atoms with van der Waals surface area (Å²) < 4.78 is 16.0. The molecule has 3 aromatic rings. The fourth-order valence-corrected chi connectivity index (χ4v) is 2.80. The van der Waals surface area contributed by atoms with Gasteiger partial charge in [-0.2, -0.15) is 0 Å². The van der Waals surface area contributed by atoms with Crippen LogP contribution in [-0.4, -0.2) is 24.6 Å². The lowest BCUT2D eigenvalue weighted by Crippen LogP contribution is -2.18. The van der Waals surface area contributed by atoms with Gasteiger partial charge in [-0.15, -0.1) is 0 Å². The van der Waals surface area contributed by atoms with Gasteiger partial charge in [-0.3, -0.25) is 10.1 Å². The van der Waals surface area contributed by atoms with Crippen LogP contribution in [0.5, 0.6) is 17.2 Å². The number of nitrogens with zero attached hydrogens (tertiary/aromatic N) is 1. The smallest absolute Gasteiger partial charge is 0.349 e. The number of aryl methyl sites for hydroxylation is 1. The molecule has 158 valence electrons. The zero-order chi connectivity index (χ0) is 22.2. The molecule has 0 spiro atoms. The van der Waals surface area contributed by atoms with Crippen LogP contribution in [0.2, 0.25) is 0 Å². The lowest BCUT2D eigenvalue weighted by Gasteiger charge is -2.11. The Morgan fingerprint density at radius 1 is 0.968 bits per heavy atom. The largest absolute Gasteiger partial charge is 0.493 e. The molecule has 0 saturated heterocycles. The summed E-state index contributed by atoms with van der Waals surface area (Å²) >= 11 is 0. The predicted octanol–water partition coefficient (Wildman–Crippen LogP) is 4.90. The number of rotatable bonds is 8. The van der Waals surface area contributed by atoms with Gasteiger partial charge < -0.3 is 14.2 Å². The molecular weight excluding hydrogens is 398 g/mol. The van der Waals surface area contributed by atoms with Crippen molar-refractivity contribution >= 4 is 12.0 Å². The molecule has 0 unspecified atom stereocenters. The van der Waals surface area contributed by atoms with E-state index < -0.39 is 10.9 Å². The molecule has 31 heavy (non-hydrogen) atoms. The summed E-state index contributed by atoms with van der Waals surface area (Å²) in [5, 5.41) is 10.4. The second kappa shape index (κ2) is 10.1. The Labute approximate surface area is 179 Å². The average Bonchev–Trinajstić information content (AvgIpc) is 2.78. The molecule has 0 N–H and O–H groups in total. The van der Waals surface area contributed by atoms with Crippen molar-refractivity contribution in [1.82, 2.24) is 0 Å². The van der Waals surface area contributed by atoms with E-state index in [0.717, 1.165) is 17.3 Å². The summed E-state index contributed by atoms with van der Waals surface area (Å²) in [7, 11) is 1.42. The van der Waals surface area contributed by atoms with Crippen molar-refractivity contribution in [2.75, 3.05) is 13.7 Å². The monoisotopic (exact) mass is 419 g/mol. The third-order valence-electron chi connectivity index (χ3n) is 4.40. The molecule has 3 aromatic carbocycles. The zero-order valence-corrected chi connectivity index (χ0v) is 17.1. The maximum absolute atomic E-state index is 12.2. The van der Waals surface area contributed by atoms with Gasteiger partial charge in [-0.05, 0) is 47.9 Å². The van der Waals surface area contributed by atoms with Crippen molar-refractivity contribution in [1.29, 1.82) is 0 Å². The number of carbonyl (C=O) groups excluding carboxylic acids is 1. The Balaban J connectivity index is 1.58. The van der Waals surface area contributed by atoms with Gasteiger partial charge in [0.1, 0.15) is 5.75 Å². The molecule has 0 aliphatic carbocycles. The Morgan fingerprint density at radius 2 is 1.61 bits per heavy atom. The van der Waals surface area contributed by atoms with Gasteiger partial charge in [-0.1, -0.05) is 48.0 Å². The Morgan fingerprint density at radius 3 is 2.23 bits per heavy atom. The van der Waals surface area contributed by atoms with Gasteiger partial charge in [-0.25, -0.2) is 4.79 Å².